The number of hydrogen-bond donors (Lipinski definition) is 1. The molecule has 0 bridgehead atoms. The minimum Gasteiger partial charge on any atom is -0.382 e. The van der Waals surface area contributed by atoms with Crippen LogP contribution in [0.1, 0.15) is 19.8 Å². The van der Waals surface area contributed by atoms with Crippen molar-refractivity contribution in [2.45, 2.75) is 19.8 Å². The van der Waals surface area contributed by atoms with E-state index >= 15 is 0 Å². The van der Waals surface area contributed by atoms with Crippen LogP contribution in [0.4, 0.5) is 0 Å². The van der Waals surface area contributed by atoms with Gasteiger partial charge >= 0.3 is 0 Å². The molecule has 0 aromatic heterocycles. The maximum Gasteiger partial charge on any atom is 0.0785 e. The molecule has 1 unspecified atom stereocenters. The molecule has 0 saturated heterocycles. The fourth-order valence-corrected chi connectivity index (χ4v) is 1.13. The van der Waals surface area contributed by atoms with Crippen molar-refractivity contribution in [2.75, 3.05) is 7.05 Å². The molecular weight excluding hydrogens is 142 g/mol. The first-order valence-corrected chi connectivity index (χ1v) is 3.99. The minimum atomic E-state index is 0.484. The Morgan fingerprint density at radius 3 is 2.70 bits per heavy atom. The van der Waals surface area contributed by atoms with Crippen molar-refractivity contribution in [1.82, 2.24) is 5.32 Å². The molecular formula is C8H15NS. The van der Waals surface area contributed by atoms with Gasteiger partial charge in [0.1, 0.15) is 0 Å². The van der Waals surface area contributed by atoms with Crippen LogP contribution in [0.25, 0.3) is 0 Å². The van der Waals surface area contributed by atoms with E-state index in [1.165, 1.54) is 0 Å². The third-order valence-electron chi connectivity index (χ3n) is 1.56. The number of nitrogens with one attached hydrogen (secondary N) is 1. The first kappa shape index (κ1) is 9.63. The van der Waals surface area contributed by atoms with Gasteiger partial charge in [0, 0.05) is 13.0 Å². The van der Waals surface area contributed by atoms with Gasteiger partial charge < -0.3 is 5.32 Å². The van der Waals surface area contributed by atoms with Crippen molar-refractivity contribution in [1.29, 1.82) is 0 Å². The van der Waals surface area contributed by atoms with E-state index in [0.717, 1.165) is 17.8 Å². The van der Waals surface area contributed by atoms with Crippen LogP contribution >= 0.6 is 12.2 Å². The lowest BCUT2D eigenvalue weighted by molar-refractivity contribution is 0.669. The zero-order valence-corrected chi connectivity index (χ0v) is 7.50. The summed E-state index contributed by atoms with van der Waals surface area (Å²) in [6.07, 6.45) is 3.99. The third kappa shape index (κ3) is 2.97. The van der Waals surface area contributed by atoms with Gasteiger partial charge in [0.15, 0.2) is 0 Å². The highest BCUT2D eigenvalue weighted by Crippen LogP contribution is 2.09. The van der Waals surface area contributed by atoms with Crippen molar-refractivity contribution in [3.8, 4) is 0 Å². The molecule has 0 aliphatic heterocycles. The number of thiocarbonyl (C=S) groups is 1. The van der Waals surface area contributed by atoms with Crippen LogP contribution < -0.4 is 5.32 Å². The molecule has 0 aliphatic rings. The second-order valence-electron chi connectivity index (χ2n) is 2.24. The average Bonchev–Trinajstić information content (AvgIpc) is 1.99. The third-order valence-corrected chi connectivity index (χ3v) is 2.10. The van der Waals surface area contributed by atoms with Crippen molar-refractivity contribution in [3.63, 3.8) is 0 Å². The largest absolute Gasteiger partial charge is 0.382 e. The Kier molecular flexibility index (Phi) is 5.22. The normalized spacial score (nSPS) is 12.2. The van der Waals surface area contributed by atoms with Crippen LogP contribution in [0, 0.1) is 5.92 Å². The van der Waals surface area contributed by atoms with E-state index in [9.17, 15) is 0 Å². The van der Waals surface area contributed by atoms with E-state index in [4.69, 9.17) is 12.2 Å². The van der Waals surface area contributed by atoms with Crippen molar-refractivity contribution in [3.05, 3.63) is 12.7 Å². The van der Waals surface area contributed by atoms with Gasteiger partial charge in [0.25, 0.3) is 0 Å². The number of hydrogen-bond acceptors (Lipinski definition) is 1. The van der Waals surface area contributed by atoms with E-state index in [2.05, 4.69) is 18.8 Å². The van der Waals surface area contributed by atoms with Gasteiger partial charge in [-0.2, -0.15) is 0 Å². The summed E-state index contributed by atoms with van der Waals surface area (Å²) in [6.45, 7) is 5.81. The van der Waals surface area contributed by atoms with Crippen molar-refractivity contribution >= 4 is 17.2 Å². The summed E-state index contributed by atoms with van der Waals surface area (Å²) in [5.74, 6) is 0.484. The van der Waals surface area contributed by atoms with Gasteiger partial charge in [-0.05, 0) is 12.8 Å². The van der Waals surface area contributed by atoms with Crippen LogP contribution in [-0.4, -0.2) is 12.0 Å². The smallest absolute Gasteiger partial charge is 0.0785 e. The van der Waals surface area contributed by atoms with E-state index in [1.54, 1.807) is 0 Å². The van der Waals surface area contributed by atoms with Crippen molar-refractivity contribution < 1.29 is 0 Å². The van der Waals surface area contributed by atoms with E-state index in [-0.39, 0.29) is 0 Å². The highest BCUT2D eigenvalue weighted by molar-refractivity contribution is 7.80. The molecule has 1 nitrogen and oxygen atoms in total. The Balaban J connectivity index is 3.79. The highest BCUT2D eigenvalue weighted by Gasteiger charge is 2.07. The first-order chi connectivity index (χ1) is 4.76. The molecule has 2 heteroatoms. The second-order valence-corrected chi connectivity index (χ2v) is 2.68. The van der Waals surface area contributed by atoms with Gasteiger partial charge in [-0.15, -0.1) is 6.58 Å². The molecule has 1 atom stereocenters. The summed E-state index contributed by atoms with van der Waals surface area (Å²) in [6, 6.07) is 0. The van der Waals surface area contributed by atoms with Gasteiger partial charge in [0.05, 0.1) is 4.99 Å². The lowest BCUT2D eigenvalue weighted by Gasteiger charge is -2.12. The van der Waals surface area contributed by atoms with Gasteiger partial charge in [-0.25, -0.2) is 0 Å². The van der Waals surface area contributed by atoms with Crippen molar-refractivity contribution in [2.24, 2.45) is 5.92 Å². The molecule has 58 valence electrons. The molecule has 0 rings (SSSR count). The van der Waals surface area contributed by atoms with Crippen LogP contribution in [0.15, 0.2) is 12.7 Å². The molecule has 0 saturated carbocycles. The molecule has 10 heavy (non-hydrogen) atoms. The van der Waals surface area contributed by atoms with Crippen LogP contribution in [0.2, 0.25) is 0 Å². The van der Waals surface area contributed by atoms with Crippen LogP contribution in [-0.2, 0) is 0 Å². The summed E-state index contributed by atoms with van der Waals surface area (Å²) in [5.41, 5.74) is 0. The Hall–Kier alpha value is -0.370. The predicted octanol–water partition coefficient (Wildman–Crippen LogP) is 2.14. The van der Waals surface area contributed by atoms with Gasteiger partial charge in [-0.3, -0.25) is 0 Å². The summed E-state index contributed by atoms with van der Waals surface area (Å²) in [5, 5.41) is 2.98. The average molecular weight is 157 g/mol. The molecule has 1 N–H and O–H groups in total. The quantitative estimate of drug-likeness (QED) is 0.495. The maximum atomic E-state index is 5.08. The number of rotatable bonds is 4. The molecule has 0 radical (unpaired) electrons. The lowest BCUT2D eigenvalue weighted by Crippen LogP contribution is -2.24. The summed E-state index contributed by atoms with van der Waals surface area (Å²) >= 11 is 5.08. The fraction of sp³-hybridized carbons (Fsp3) is 0.625. The lowest BCUT2D eigenvalue weighted by atomic mass is 10.0. The second kappa shape index (κ2) is 5.42. The van der Waals surface area contributed by atoms with Crippen LogP contribution in [0.3, 0.4) is 0 Å². The minimum absolute atomic E-state index is 0.484. The topological polar surface area (TPSA) is 12.0 Å². The van der Waals surface area contributed by atoms with E-state index in [0.29, 0.717) is 5.92 Å². The van der Waals surface area contributed by atoms with Gasteiger partial charge in [-0.1, -0.05) is 25.2 Å². The monoisotopic (exact) mass is 157 g/mol. The standard InChI is InChI=1S/C8H15NS/c1-4-6-7(5-2)8(10)9-3/h4,7H,1,5-6H2,2-3H3,(H,9,10). The Morgan fingerprint density at radius 2 is 2.40 bits per heavy atom. The first-order valence-electron chi connectivity index (χ1n) is 3.58. The van der Waals surface area contributed by atoms with Crippen LogP contribution in [0.5, 0.6) is 0 Å². The fourth-order valence-electron chi connectivity index (χ4n) is 0.864. The summed E-state index contributed by atoms with van der Waals surface area (Å²) in [7, 11) is 1.87. The molecule has 0 aromatic carbocycles. The molecule has 0 heterocycles. The maximum absolute atomic E-state index is 5.08. The number of allylic oxidation sites excluding steroid dienone is 1. The Bertz CT molecular complexity index is 120. The molecule has 0 fully saturated rings. The Morgan fingerprint density at radius 1 is 1.80 bits per heavy atom. The summed E-state index contributed by atoms with van der Waals surface area (Å²) in [4.78, 5) is 0.947. The molecule has 0 aliphatic carbocycles. The molecule has 0 aromatic rings. The van der Waals surface area contributed by atoms with E-state index in [1.807, 2.05) is 13.1 Å². The zero-order chi connectivity index (χ0) is 7.98. The molecule has 0 spiro atoms. The SMILES string of the molecule is C=CCC(CC)C(=S)NC. The van der Waals surface area contributed by atoms with Gasteiger partial charge in [0.2, 0.25) is 0 Å². The predicted molar refractivity (Wildman–Crippen MR) is 50.3 cm³/mol. The Labute approximate surface area is 68.5 Å². The zero-order valence-electron chi connectivity index (χ0n) is 6.68. The molecule has 0 amide bonds. The van der Waals surface area contributed by atoms with E-state index < -0.39 is 0 Å². The highest BCUT2D eigenvalue weighted by atomic mass is 32.1. The summed E-state index contributed by atoms with van der Waals surface area (Å²) < 4.78 is 0.